The van der Waals surface area contributed by atoms with E-state index < -0.39 is 5.97 Å². The number of carboxylic acids is 1. The quantitative estimate of drug-likeness (QED) is 0.771. The van der Waals surface area contributed by atoms with Crippen molar-refractivity contribution in [2.45, 2.75) is 20.4 Å². The number of carbonyl (C=O) groups is 1. The summed E-state index contributed by atoms with van der Waals surface area (Å²) in [5.74, 6) is -0.729. The smallest absolute Gasteiger partial charge is 0.328 e. The summed E-state index contributed by atoms with van der Waals surface area (Å²) < 4.78 is 1.34. The Morgan fingerprint density at radius 1 is 1.56 bits per heavy atom. The molecule has 5 heteroatoms. The highest BCUT2D eigenvalue weighted by molar-refractivity contribution is 5.84. The van der Waals surface area contributed by atoms with E-state index in [0.717, 1.165) is 6.08 Å². The number of hydrogen-bond acceptors (Lipinski definition) is 3. The van der Waals surface area contributed by atoms with Gasteiger partial charge in [-0.1, -0.05) is 13.8 Å². The fourth-order valence-corrected chi connectivity index (χ4v) is 1.19. The summed E-state index contributed by atoms with van der Waals surface area (Å²) >= 11 is 0. The van der Waals surface area contributed by atoms with Gasteiger partial charge in [-0.25, -0.2) is 9.48 Å². The van der Waals surface area contributed by atoms with Crippen LogP contribution in [0, 0.1) is 5.92 Å². The molecule has 0 aromatic carbocycles. The van der Waals surface area contributed by atoms with Crippen LogP contribution in [0.4, 0.5) is 0 Å². The SMILES string of the molecule is CC(C)Cn1nc(/C=C/C(=O)O)ccc1=O. The molecule has 0 aliphatic carbocycles. The van der Waals surface area contributed by atoms with Crippen LogP contribution in [0.3, 0.4) is 0 Å². The van der Waals surface area contributed by atoms with Gasteiger partial charge in [0, 0.05) is 18.7 Å². The predicted molar refractivity (Wildman–Crippen MR) is 60.0 cm³/mol. The van der Waals surface area contributed by atoms with Gasteiger partial charge in [-0.05, 0) is 18.1 Å². The average molecular weight is 222 g/mol. The Bertz CT molecular complexity index is 461. The topological polar surface area (TPSA) is 72.2 Å². The van der Waals surface area contributed by atoms with E-state index in [-0.39, 0.29) is 5.56 Å². The van der Waals surface area contributed by atoms with Crippen LogP contribution >= 0.6 is 0 Å². The lowest BCUT2D eigenvalue weighted by Crippen LogP contribution is -2.24. The van der Waals surface area contributed by atoms with Crippen LogP contribution in [0.25, 0.3) is 6.08 Å². The molecule has 16 heavy (non-hydrogen) atoms. The second-order valence-corrected chi connectivity index (χ2v) is 3.84. The summed E-state index contributed by atoms with van der Waals surface area (Å²) in [6.45, 7) is 4.48. The Labute approximate surface area is 93.0 Å². The van der Waals surface area contributed by atoms with E-state index >= 15 is 0 Å². The molecule has 1 aromatic rings. The summed E-state index contributed by atoms with van der Waals surface area (Å²) in [7, 11) is 0. The summed E-state index contributed by atoms with van der Waals surface area (Å²) in [4.78, 5) is 21.7. The summed E-state index contributed by atoms with van der Waals surface area (Å²) in [6, 6.07) is 2.88. The van der Waals surface area contributed by atoms with Gasteiger partial charge >= 0.3 is 5.97 Å². The Kier molecular flexibility index (Phi) is 3.99. The van der Waals surface area contributed by atoms with E-state index in [1.54, 1.807) is 0 Å². The summed E-state index contributed by atoms with van der Waals surface area (Å²) in [6.07, 6.45) is 2.35. The molecule has 1 aromatic heterocycles. The number of aromatic nitrogens is 2. The van der Waals surface area contributed by atoms with Gasteiger partial charge < -0.3 is 5.11 Å². The van der Waals surface area contributed by atoms with Gasteiger partial charge in [0.25, 0.3) is 5.56 Å². The van der Waals surface area contributed by atoms with E-state index in [0.29, 0.717) is 18.2 Å². The number of nitrogens with zero attached hydrogens (tertiary/aromatic N) is 2. The minimum absolute atomic E-state index is 0.179. The Hall–Kier alpha value is -1.91. The highest BCUT2D eigenvalue weighted by atomic mass is 16.4. The first-order valence-corrected chi connectivity index (χ1v) is 4.98. The Morgan fingerprint density at radius 2 is 2.25 bits per heavy atom. The molecule has 0 atom stereocenters. The zero-order chi connectivity index (χ0) is 12.1. The molecule has 0 saturated heterocycles. The number of hydrogen-bond donors (Lipinski definition) is 1. The molecular formula is C11H14N2O3. The standard InChI is InChI=1S/C11H14N2O3/c1-8(2)7-13-10(14)5-3-9(12-13)4-6-11(15)16/h3-6,8H,7H2,1-2H3,(H,15,16)/b6-4+. The molecule has 0 unspecified atom stereocenters. The largest absolute Gasteiger partial charge is 0.478 e. The van der Waals surface area contributed by atoms with Gasteiger partial charge in [-0.3, -0.25) is 4.79 Å². The lowest BCUT2D eigenvalue weighted by atomic mass is 10.2. The Morgan fingerprint density at radius 3 is 2.81 bits per heavy atom. The van der Waals surface area contributed by atoms with Gasteiger partial charge in [0.05, 0.1) is 5.69 Å². The molecule has 0 saturated carbocycles. The van der Waals surface area contributed by atoms with Crippen molar-refractivity contribution in [3.05, 3.63) is 34.3 Å². The van der Waals surface area contributed by atoms with Crippen molar-refractivity contribution in [3.63, 3.8) is 0 Å². The van der Waals surface area contributed by atoms with Crippen LogP contribution in [-0.2, 0) is 11.3 Å². The maximum atomic E-state index is 11.4. The van der Waals surface area contributed by atoms with Crippen molar-refractivity contribution in [1.82, 2.24) is 9.78 Å². The minimum atomic E-state index is -1.04. The normalized spacial score (nSPS) is 11.2. The minimum Gasteiger partial charge on any atom is -0.478 e. The summed E-state index contributed by atoms with van der Waals surface area (Å²) in [5.41, 5.74) is 0.281. The maximum absolute atomic E-state index is 11.4. The van der Waals surface area contributed by atoms with Crippen molar-refractivity contribution in [3.8, 4) is 0 Å². The average Bonchev–Trinajstić information content (AvgIpc) is 2.18. The van der Waals surface area contributed by atoms with Crippen LogP contribution < -0.4 is 5.56 Å². The molecule has 0 spiro atoms. The van der Waals surface area contributed by atoms with Crippen molar-refractivity contribution in [1.29, 1.82) is 0 Å². The number of carboxylic acid groups (broad SMARTS) is 1. The molecule has 0 fully saturated rings. The first-order chi connectivity index (χ1) is 7.49. The zero-order valence-electron chi connectivity index (χ0n) is 9.25. The summed E-state index contributed by atoms with van der Waals surface area (Å²) in [5, 5.41) is 12.5. The van der Waals surface area contributed by atoms with Gasteiger partial charge in [0.15, 0.2) is 0 Å². The molecule has 0 bridgehead atoms. The second kappa shape index (κ2) is 5.25. The number of rotatable bonds is 4. The predicted octanol–water partition coefficient (Wildman–Crippen LogP) is 0.997. The van der Waals surface area contributed by atoms with Crippen LogP contribution in [0.2, 0.25) is 0 Å². The maximum Gasteiger partial charge on any atom is 0.328 e. The van der Waals surface area contributed by atoms with E-state index in [9.17, 15) is 9.59 Å². The van der Waals surface area contributed by atoms with E-state index in [4.69, 9.17) is 5.11 Å². The van der Waals surface area contributed by atoms with Crippen LogP contribution in [-0.4, -0.2) is 20.9 Å². The fourth-order valence-electron chi connectivity index (χ4n) is 1.19. The zero-order valence-corrected chi connectivity index (χ0v) is 9.25. The molecule has 1 heterocycles. The molecule has 5 nitrogen and oxygen atoms in total. The van der Waals surface area contributed by atoms with Gasteiger partial charge in [-0.15, -0.1) is 0 Å². The van der Waals surface area contributed by atoms with Crippen molar-refractivity contribution in [2.24, 2.45) is 5.92 Å². The van der Waals surface area contributed by atoms with Gasteiger partial charge in [0.1, 0.15) is 0 Å². The molecule has 0 aliphatic rings. The van der Waals surface area contributed by atoms with E-state index in [2.05, 4.69) is 5.10 Å². The fraction of sp³-hybridized carbons (Fsp3) is 0.364. The van der Waals surface area contributed by atoms with Gasteiger partial charge in [-0.2, -0.15) is 5.10 Å². The molecular weight excluding hydrogens is 208 g/mol. The first kappa shape index (κ1) is 12.2. The third-order valence-corrected chi connectivity index (χ3v) is 1.82. The van der Waals surface area contributed by atoms with E-state index in [1.807, 2.05) is 13.8 Å². The van der Waals surface area contributed by atoms with Crippen LogP contribution in [0.1, 0.15) is 19.5 Å². The van der Waals surface area contributed by atoms with Crippen molar-refractivity contribution < 1.29 is 9.90 Å². The third-order valence-electron chi connectivity index (χ3n) is 1.82. The van der Waals surface area contributed by atoms with Crippen LogP contribution in [0.5, 0.6) is 0 Å². The lowest BCUT2D eigenvalue weighted by Gasteiger charge is -2.07. The molecule has 1 rings (SSSR count). The molecule has 1 N–H and O–H groups in total. The molecule has 0 amide bonds. The lowest BCUT2D eigenvalue weighted by molar-refractivity contribution is -0.131. The van der Waals surface area contributed by atoms with Gasteiger partial charge in [0.2, 0.25) is 0 Å². The van der Waals surface area contributed by atoms with Crippen LogP contribution in [0.15, 0.2) is 23.0 Å². The number of aliphatic carboxylic acids is 1. The molecule has 0 aliphatic heterocycles. The monoisotopic (exact) mass is 222 g/mol. The molecule has 86 valence electrons. The Balaban J connectivity index is 2.98. The van der Waals surface area contributed by atoms with Crippen molar-refractivity contribution in [2.75, 3.05) is 0 Å². The van der Waals surface area contributed by atoms with E-state index in [1.165, 1.54) is 22.9 Å². The second-order valence-electron chi connectivity index (χ2n) is 3.84. The highest BCUT2D eigenvalue weighted by Gasteiger charge is 2.01. The molecule has 0 radical (unpaired) electrons. The third kappa shape index (κ3) is 3.68. The van der Waals surface area contributed by atoms with Crippen molar-refractivity contribution >= 4 is 12.0 Å². The highest BCUT2D eigenvalue weighted by Crippen LogP contribution is 1.98. The first-order valence-electron chi connectivity index (χ1n) is 4.98.